The Morgan fingerprint density at radius 1 is 1.26 bits per heavy atom. The van der Waals surface area contributed by atoms with Crippen LogP contribution in [0.25, 0.3) is 0 Å². The van der Waals surface area contributed by atoms with Crippen LogP contribution in [-0.2, 0) is 0 Å². The molecule has 124 valence electrons. The zero-order valence-electron chi connectivity index (χ0n) is 13.9. The van der Waals surface area contributed by atoms with Gasteiger partial charge in [0.25, 0.3) is 5.91 Å². The molecule has 23 heavy (non-hydrogen) atoms. The summed E-state index contributed by atoms with van der Waals surface area (Å²) in [4.78, 5) is 16.5. The van der Waals surface area contributed by atoms with Crippen LogP contribution in [0.3, 0.4) is 0 Å². The summed E-state index contributed by atoms with van der Waals surface area (Å²) < 4.78 is 5.17. The molecule has 4 nitrogen and oxygen atoms in total. The SMILES string of the molecule is COc1ncccc1C(=O)NCCC12CC3CC(CC(C3)C1)C2. The molecule has 4 heteroatoms. The van der Waals surface area contributed by atoms with E-state index >= 15 is 0 Å². The van der Waals surface area contributed by atoms with Crippen molar-refractivity contribution in [3.63, 3.8) is 0 Å². The molecule has 0 aromatic carbocycles. The minimum absolute atomic E-state index is 0.0697. The van der Waals surface area contributed by atoms with Crippen molar-refractivity contribution in [2.45, 2.75) is 44.9 Å². The predicted molar refractivity (Wildman–Crippen MR) is 88.3 cm³/mol. The molecule has 0 spiro atoms. The molecule has 0 atom stereocenters. The Balaban J connectivity index is 1.36. The zero-order valence-corrected chi connectivity index (χ0v) is 13.9. The van der Waals surface area contributed by atoms with Crippen LogP contribution in [0.2, 0.25) is 0 Å². The fraction of sp³-hybridized carbons (Fsp3) is 0.684. The van der Waals surface area contributed by atoms with Crippen molar-refractivity contribution < 1.29 is 9.53 Å². The Labute approximate surface area is 138 Å². The van der Waals surface area contributed by atoms with E-state index in [1.165, 1.54) is 38.5 Å². The van der Waals surface area contributed by atoms with E-state index in [0.29, 0.717) is 16.9 Å². The first kappa shape index (κ1) is 15.0. The highest BCUT2D eigenvalue weighted by Gasteiger charge is 2.50. The lowest BCUT2D eigenvalue weighted by atomic mass is 9.49. The van der Waals surface area contributed by atoms with Crippen LogP contribution < -0.4 is 10.1 Å². The maximum Gasteiger partial charge on any atom is 0.256 e. The van der Waals surface area contributed by atoms with Crippen molar-refractivity contribution in [2.75, 3.05) is 13.7 Å². The molecule has 0 aliphatic heterocycles. The number of hydrogen-bond donors (Lipinski definition) is 1. The van der Waals surface area contributed by atoms with Crippen LogP contribution in [0.15, 0.2) is 18.3 Å². The van der Waals surface area contributed by atoms with Crippen LogP contribution in [-0.4, -0.2) is 24.5 Å². The summed E-state index contributed by atoms with van der Waals surface area (Å²) in [6.07, 6.45) is 11.4. The molecule has 0 unspecified atom stereocenters. The first-order chi connectivity index (χ1) is 11.2. The number of nitrogens with zero attached hydrogens (tertiary/aromatic N) is 1. The summed E-state index contributed by atoms with van der Waals surface area (Å²) in [5.41, 5.74) is 1.04. The lowest BCUT2D eigenvalue weighted by Gasteiger charge is -2.57. The lowest BCUT2D eigenvalue weighted by molar-refractivity contribution is -0.0564. The molecule has 1 amide bonds. The maximum atomic E-state index is 12.4. The number of hydrogen-bond acceptors (Lipinski definition) is 3. The van der Waals surface area contributed by atoms with Gasteiger partial charge in [0.1, 0.15) is 5.56 Å². The fourth-order valence-electron chi connectivity index (χ4n) is 5.86. The van der Waals surface area contributed by atoms with Crippen molar-refractivity contribution in [1.29, 1.82) is 0 Å². The van der Waals surface area contributed by atoms with Gasteiger partial charge >= 0.3 is 0 Å². The van der Waals surface area contributed by atoms with Gasteiger partial charge in [-0.1, -0.05) is 0 Å². The van der Waals surface area contributed by atoms with Gasteiger partial charge in [-0.25, -0.2) is 4.98 Å². The van der Waals surface area contributed by atoms with E-state index in [1.807, 2.05) is 0 Å². The van der Waals surface area contributed by atoms with Crippen molar-refractivity contribution >= 4 is 5.91 Å². The van der Waals surface area contributed by atoms with Crippen LogP contribution in [0.4, 0.5) is 0 Å². The molecule has 1 N–H and O–H groups in total. The topological polar surface area (TPSA) is 51.2 Å². The van der Waals surface area contributed by atoms with E-state index in [2.05, 4.69) is 10.3 Å². The highest BCUT2D eigenvalue weighted by atomic mass is 16.5. The third kappa shape index (κ3) is 2.84. The summed E-state index contributed by atoms with van der Waals surface area (Å²) in [5, 5.41) is 3.09. The summed E-state index contributed by atoms with van der Waals surface area (Å²) in [6, 6.07) is 3.54. The Kier molecular flexibility index (Phi) is 3.78. The third-order valence-electron chi connectivity index (χ3n) is 6.32. The highest BCUT2D eigenvalue weighted by molar-refractivity contribution is 5.96. The molecule has 4 fully saturated rings. The molecule has 0 saturated heterocycles. The van der Waals surface area contributed by atoms with Gasteiger partial charge in [-0.15, -0.1) is 0 Å². The van der Waals surface area contributed by atoms with Crippen LogP contribution in [0.1, 0.15) is 55.3 Å². The number of carbonyl (C=O) groups excluding carboxylic acids is 1. The molecule has 4 aliphatic carbocycles. The van der Waals surface area contributed by atoms with Gasteiger partial charge < -0.3 is 10.1 Å². The fourth-order valence-corrected chi connectivity index (χ4v) is 5.86. The van der Waals surface area contributed by atoms with Gasteiger partial charge in [0.05, 0.1) is 7.11 Å². The molecule has 5 rings (SSSR count). The van der Waals surface area contributed by atoms with Gasteiger partial charge in [0, 0.05) is 12.7 Å². The summed E-state index contributed by atoms with van der Waals surface area (Å²) in [7, 11) is 1.55. The number of nitrogens with one attached hydrogen (secondary N) is 1. The second kappa shape index (κ2) is 5.81. The first-order valence-electron chi connectivity index (χ1n) is 8.95. The molecule has 1 heterocycles. The average molecular weight is 314 g/mol. The van der Waals surface area contributed by atoms with Gasteiger partial charge in [-0.05, 0) is 80.2 Å². The van der Waals surface area contributed by atoms with E-state index in [4.69, 9.17) is 4.74 Å². The third-order valence-corrected chi connectivity index (χ3v) is 6.32. The van der Waals surface area contributed by atoms with Gasteiger partial charge in [0.2, 0.25) is 5.88 Å². The van der Waals surface area contributed by atoms with Gasteiger partial charge in [0.15, 0.2) is 0 Å². The molecular weight excluding hydrogens is 288 g/mol. The molecular formula is C19H26N2O2. The minimum Gasteiger partial charge on any atom is -0.480 e. The van der Waals surface area contributed by atoms with E-state index in [0.717, 1.165) is 30.7 Å². The second-order valence-corrected chi connectivity index (χ2v) is 7.98. The summed E-state index contributed by atoms with van der Waals surface area (Å²) in [6.45, 7) is 0.767. The molecule has 0 radical (unpaired) electrons. The molecule has 1 aromatic heterocycles. The number of pyridine rings is 1. The second-order valence-electron chi connectivity index (χ2n) is 7.98. The predicted octanol–water partition coefficient (Wildman–Crippen LogP) is 3.43. The number of rotatable bonds is 5. The van der Waals surface area contributed by atoms with E-state index in [1.54, 1.807) is 25.4 Å². The number of amides is 1. The number of carbonyl (C=O) groups is 1. The minimum atomic E-state index is -0.0697. The number of aromatic nitrogens is 1. The Bertz CT molecular complexity index is 564. The standard InChI is InChI=1S/C19H26N2O2/c1-23-18-16(3-2-5-21-18)17(22)20-6-4-19-10-13-7-14(11-19)9-15(8-13)12-19/h2-3,5,13-15H,4,6-12H2,1H3,(H,20,22). The zero-order chi connectivity index (χ0) is 15.9. The van der Waals surface area contributed by atoms with Gasteiger partial charge in [-0.2, -0.15) is 0 Å². The molecule has 4 bridgehead atoms. The van der Waals surface area contributed by atoms with E-state index < -0.39 is 0 Å². The lowest BCUT2D eigenvalue weighted by Crippen LogP contribution is -2.47. The van der Waals surface area contributed by atoms with Crippen molar-refractivity contribution in [3.05, 3.63) is 23.9 Å². The highest BCUT2D eigenvalue weighted by Crippen LogP contribution is 2.61. The Hall–Kier alpha value is -1.58. The largest absolute Gasteiger partial charge is 0.480 e. The quantitative estimate of drug-likeness (QED) is 0.906. The van der Waals surface area contributed by atoms with Gasteiger partial charge in [-0.3, -0.25) is 4.79 Å². The van der Waals surface area contributed by atoms with Crippen LogP contribution in [0.5, 0.6) is 5.88 Å². The number of ether oxygens (including phenoxy) is 1. The molecule has 1 aromatic rings. The molecule has 4 saturated carbocycles. The average Bonchev–Trinajstić information content (AvgIpc) is 2.53. The van der Waals surface area contributed by atoms with Crippen molar-refractivity contribution in [2.24, 2.45) is 23.2 Å². The van der Waals surface area contributed by atoms with Crippen molar-refractivity contribution in [3.8, 4) is 5.88 Å². The van der Waals surface area contributed by atoms with Crippen molar-refractivity contribution in [1.82, 2.24) is 10.3 Å². The normalized spacial score (nSPS) is 34.4. The maximum absolute atomic E-state index is 12.4. The monoisotopic (exact) mass is 314 g/mol. The van der Waals surface area contributed by atoms with E-state index in [-0.39, 0.29) is 5.91 Å². The van der Waals surface area contributed by atoms with E-state index in [9.17, 15) is 4.79 Å². The van der Waals surface area contributed by atoms with Crippen LogP contribution in [0, 0.1) is 23.2 Å². The first-order valence-corrected chi connectivity index (χ1v) is 8.95. The van der Waals surface area contributed by atoms with Crippen LogP contribution >= 0.6 is 0 Å². The Morgan fingerprint density at radius 3 is 2.52 bits per heavy atom. The number of methoxy groups -OCH3 is 1. The summed E-state index contributed by atoms with van der Waals surface area (Å²) in [5.74, 6) is 3.24. The molecule has 4 aliphatic rings. The summed E-state index contributed by atoms with van der Waals surface area (Å²) >= 11 is 0. The Morgan fingerprint density at radius 2 is 1.91 bits per heavy atom. The smallest absolute Gasteiger partial charge is 0.256 e.